The van der Waals surface area contributed by atoms with Crippen molar-refractivity contribution in [3.05, 3.63) is 57.8 Å². The number of amides is 1. The number of Topliss-reactive ketones (excluding diaryl/α,β-unsaturated/α-hetero) is 1. The number of carbonyl (C=O) groups is 4. The van der Waals surface area contributed by atoms with Crippen molar-refractivity contribution in [3.8, 4) is 11.5 Å². The van der Waals surface area contributed by atoms with Crippen molar-refractivity contribution >= 4 is 23.4 Å². The first kappa shape index (κ1) is 43.1. The van der Waals surface area contributed by atoms with Crippen LogP contribution in [-0.4, -0.2) is 120 Å². The summed E-state index contributed by atoms with van der Waals surface area (Å²) in [7, 11) is 0. The Hall–Kier alpha value is -4.00. The average Bonchev–Trinajstić information content (AvgIpc) is 3.54. The molecule has 6 bridgehead atoms. The van der Waals surface area contributed by atoms with Crippen molar-refractivity contribution in [3.63, 3.8) is 0 Å². The Morgan fingerprint density at radius 2 is 1.43 bits per heavy atom. The average molecular weight is 788 g/mol. The second-order valence-corrected chi connectivity index (χ2v) is 15.8. The third-order valence-corrected chi connectivity index (χ3v) is 11.7. The second kappa shape index (κ2) is 16.5. The van der Waals surface area contributed by atoms with Crippen molar-refractivity contribution in [2.75, 3.05) is 0 Å². The van der Waals surface area contributed by atoms with Gasteiger partial charge in [-0.15, -0.1) is 0 Å². The maximum absolute atomic E-state index is 14.4. The Morgan fingerprint density at radius 3 is 2.09 bits per heavy atom. The van der Waals surface area contributed by atoms with Crippen molar-refractivity contribution in [2.24, 2.45) is 23.7 Å². The molecule has 0 aromatic heterocycles. The van der Waals surface area contributed by atoms with E-state index in [9.17, 15) is 54.9 Å². The smallest absolute Gasteiger partial charge is 0.345 e. The van der Waals surface area contributed by atoms with Crippen LogP contribution in [0.15, 0.2) is 35.6 Å². The molecule has 5 aliphatic rings. The van der Waals surface area contributed by atoms with Gasteiger partial charge in [0, 0.05) is 54.2 Å². The highest BCUT2D eigenvalue weighted by atomic mass is 16.7. The minimum atomic E-state index is -1.88. The van der Waals surface area contributed by atoms with Crippen LogP contribution in [0.2, 0.25) is 0 Å². The SMILES string of the molecule is C/C1=C/C=C\[C@H](C)[C@H](O)[C@@H](C)[C@@H](O)[C@@H](C)[C@H](O)[C@H](C)[C@@H]2CC[C@](C)(OC(=O)c3c(O[C@@H]4O[C@@H](C)[C@H](O)[C@@H](O)[C@H]4O)c(C)c(O)c4c3C(=O)C=C(NC1=O)C4=O)O2. The second-order valence-electron chi connectivity index (χ2n) is 15.8. The van der Waals surface area contributed by atoms with Gasteiger partial charge in [0.25, 0.3) is 5.91 Å². The highest BCUT2D eigenvalue weighted by molar-refractivity contribution is 6.29. The fourth-order valence-corrected chi connectivity index (χ4v) is 7.75. The van der Waals surface area contributed by atoms with Crippen molar-refractivity contribution in [1.82, 2.24) is 5.32 Å². The molecule has 1 aliphatic carbocycles. The molecule has 4 heterocycles. The zero-order valence-electron chi connectivity index (χ0n) is 32.6. The van der Waals surface area contributed by atoms with Crippen LogP contribution in [-0.2, 0) is 19.0 Å². The number of phenolic OH excluding ortho intramolecular Hbond substituents is 1. The van der Waals surface area contributed by atoms with Crippen LogP contribution in [0.1, 0.15) is 97.9 Å². The molecule has 2 fully saturated rings. The number of aliphatic hydroxyl groups excluding tert-OH is 6. The summed E-state index contributed by atoms with van der Waals surface area (Å²) in [6.45, 7) is 12.3. The molecular weight excluding hydrogens is 734 g/mol. The lowest BCUT2D eigenvalue weighted by atomic mass is 9.78. The molecule has 308 valence electrons. The molecule has 0 spiro atoms. The van der Waals surface area contributed by atoms with E-state index in [2.05, 4.69) is 5.32 Å². The minimum absolute atomic E-state index is 0.0939. The molecule has 1 aromatic rings. The van der Waals surface area contributed by atoms with E-state index in [0.29, 0.717) is 0 Å². The Labute approximate surface area is 324 Å². The maximum Gasteiger partial charge on any atom is 0.345 e. The van der Waals surface area contributed by atoms with Gasteiger partial charge in [-0.05, 0) is 27.2 Å². The molecule has 16 nitrogen and oxygen atoms in total. The van der Waals surface area contributed by atoms with Gasteiger partial charge in [-0.2, -0.15) is 0 Å². The van der Waals surface area contributed by atoms with Crippen LogP contribution in [0.4, 0.5) is 0 Å². The van der Waals surface area contributed by atoms with Gasteiger partial charge < -0.3 is 60.0 Å². The van der Waals surface area contributed by atoms with E-state index in [0.717, 1.165) is 6.08 Å². The summed E-state index contributed by atoms with van der Waals surface area (Å²) in [4.78, 5) is 55.6. The number of ether oxygens (including phenoxy) is 4. The quantitative estimate of drug-likeness (QED) is 0.198. The summed E-state index contributed by atoms with van der Waals surface area (Å²) < 4.78 is 23.6. The summed E-state index contributed by atoms with van der Waals surface area (Å²) >= 11 is 0. The summed E-state index contributed by atoms with van der Waals surface area (Å²) in [5.74, 6) is -9.61. The van der Waals surface area contributed by atoms with Crippen LogP contribution < -0.4 is 10.1 Å². The molecule has 0 unspecified atom stereocenters. The number of aromatic hydroxyl groups is 1. The topological polar surface area (TPSA) is 259 Å². The fraction of sp³-hybridized carbons (Fsp3) is 0.600. The van der Waals surface area contributed by atoms with Crippen LogP contribution >= 0.6 is 0 Å². The molecular formula is C40H53NO15. The molecule has 0 radical (unpaired) electrons. The Balaban J connectivity index is 1.63. The number of ketones is 2. The largest absolute Gasteiger partial charge is 0.507 e. The van der Waals surface area contributed by atoms with Crippen molar-refractivity contribution in [1.29, 1.82) is 0 Å². The Bertz CT molecular complexity index is 1840. The first-order chi connectivity index (χ1) is 26.1. The lowest BCUT2D eigenvalue weighted by Crippen LogP contribution is -2.58. The summed E-state index contributed by atoms with van der Waals surface area (Å²) in [6.07, 6.45) is -6.24. The number of hydrogen-bond donors (Lipinski definition) is 8. The molecule has 14 atom stereocenters. The Kier molecular flexibility index (Phi) is 12.7. The van der Waals surface area contributed by atoms with Gasteiger partial charge in [-0.25, -0.2) is 4.79 Å². The fourth-order valence-electron chi connectivity index (χ4n) is 7.75. The molecule has 6 rings (SSSR count). The predicted octanol–water partition coefficient (Wildman–Crippen LogP) is 1.48. The first-order valence-electron chi connectivity index (χ1n) is 18.8. The van der Waals surface area contributed by atoms with Gasteiger partial charge in [0.05, 0.1) is 47.3 Å². The van der Waals surface area contributed by atoms with Gasteiger partial charge in [0.15, 0.2) is 5.78 Å². The number of benzene rings is 1. The maximum atomic E-state index is 14.4. The van der Waals surface area contributed by atoms with Crippen molar-refractivity contribution < 1.29 is 73.9 Å². The third kappa shape index (κ3) is 8.07. The highest BCUT2D eigenvalue weighted by Crippen LogP contribution is 2.45. The summed E-state index contributed by atoms with van der Waals surface area (Å²) in [5, 5.41) is 79.1. The zero-order chi connectivity index (χ0) is 41.7. The van der Waals surface area contributed by atoms with Gasteiger partial charge in [-0.3, -0.25) is 14.4 Å². The Morgan fingerprint density at radius 1 is 0.804 bits per heavy atom. The lowest BCUT2D eigenvalue weighted by Gasteiger charge is -2.39. The van der Waals surface area contributed by atoms with Gasteiger partial charge in [0.2, 0.25) is 17.9 Å². The van der Waals surface area contributed by atoms with E-state index < -0.39 is 142 Å². The minimum Gasteiger partial charge on any atom is -0.507 e. The standard InChI is InChI=1S/C40H53NO15/c1-15-10-9-11-16(2)37(51)41-22-14-23(42)25-26(33(22)48)31(46)20(6)36(54-39-35(50)34(49)32(47)21(7)53-39)27(25)38(52)56-40(8)13-12-24(55-40)17(3)29(44)19(5)30(45)18(4)28(15)43/h9-11,14-15,17-19,21,24,28-30,32,34-35,39,43-47,49-50H,12-13H2,1-8H3,(H,41,51)/b10-9-,16-11-/t15-,17+,18+,19-,21-,24-,28-,29+,30+,32-,34+,35+,39-,40-/m0/s1. The molecule has 1 amide bonds. The van der Waals surface area contributed by atoms with Gasteiger partial charge in [0.1, 0.15) is 35.4 Å². The molecule has 4 aliphatic heterocycles. The monoisotopic (exact) mass is 787 g/mol. The number of aliphatic hydroxyl groups is 6. The van der Waals surface area contributed by atoms with E-state index in [-0.39, 0.29) is 24.0 Å². The van der Waals surface area contributed by atoms with Crippen LogP contribution in [0, 0.1) is 30.6 Å². The van der Waals surface area contributed by atoms with Gasteiger partial charge >= 0.3 is 5.97 Å². The van der Waals surface area contributed by atoms with Crippen LogP contribution in [0.25, 0.3) is 0 Å². The number of carbonyl (C=O) groups excluding carboxylic acids is 4. The molecule has 16 heteroatoms. The predicted molar refractivity (Wildman–Crippen MR) is 196 cm³/mol. The molecule has 1 aromatic carbocycles. The number of allylic oxidation sites excluding steroid dienone is 4. The molecule has 8 N–H and O–H groups in total. The number of nitrogens with one attached hydrogen (secondary N) is 1. The van der Waals surface area contributed by atoms with Crippen molar-refractivity contribution in [2.45, 2.75) is 129 Å². The molecule has 0 saturated carbocycles. The van der Waals surface area contributed by atoms with Gasteiger partial charge in [-0.1, -0.05) is 45.9 Å². The number of fused-ring (bicyclic) bond motifs is 12. The number of phenols is 1. The summed E-state index contributed by atoms with van der Waals surface area (Å²) in [5.41, 5.74) is -2.63. The van der Waals surface area contributed by atoms with E-state index in [4.69, 9.17) is 18.9 Å². The number of esters is 1. The lowest BCUT2D eigenvalue weighted by molar-refractivity contribution is -0.268. The molecule has 2 saturated heterocycles. The first-order valence-corrected chi connectivity index (χ1v) is 18.8. The molecule has 56 heavy (non-hydrogen) atoms. The van der Waals surface area contributed by atoms with E-state index >= 15 is 0 Å². The zero-order valence-corrected chi connectivity index (χ0v) is 32.6. The number of rotatable bonds is 2. The third-order valence-electron chi connectivity index (χ3n) is 11.7. The normalized spacial score (nSPS) is 40.3. The van der Waals surface area contributed by atoms with Crippen LogP contribution in [0.5, 0.6) is 11.5 Å². The van der Waals surface area contributed by atoms with E-state index in [1.54, 1.807) is 33.8 Å². The van der Waals surface area contributed by atoms with E-state index in [1.165, 1.54) is 39.8 Å². The highest BCUT2D eigenvalue weighted by Gasteiger charge is 2.48. The number of hydrogen-bond acceptors (Lipinski definition) is 15. The summed E-state index contributed by atoms with van der Waals surface area (Å²) in [6, 6.07) is 0. The van der Waals surface area contributed by atoms with E-state index in [1.807, 2.05) is 0 Å². The van der Waals surface area contributed by atoms with Crippen LogP contribution in [0.3, 0.4) is 0 Å².